The van der Waals surface area contributed by atoms with Crippen molar-refractivity contribution in [1.82, 2.24) is 0 Å². The first-order chi connectivity index (χ1) is 6.87. The van der Waals surface area contributed by atoms with Crippen LogP contribution >= 0.6 is 0 Å². The fraction of sp³-hybridized carbons (Fsp3) is 0.455. The Morgan fingerprint density at radius 1 is 1.27 bits per heavy atom. The van der Waals surface area contributed by atoms with Crippen LogP contribution in [0.15, 0.2) is 24.3 Å². The van der Waals surface area contributed by atoms with E-state index in [-0.39, 0.29) is 11.3 Å². The molecule has 0 aliphatic rings. The van der Waals surface area contributed by atoms with Gasteiger partial charge in [-0.05, 0) is 38.0 Å². The summed E-state index contributed by atoms with van der Waals surface area (Å²) < 4.78 is 27.9. The lowest BCUT2D eigenvalue weighted by Crippen LogP contribution is -2.34. The van der Waals surface area contributed by atoms with Gasteiger partial charge in [0.1, 0.15) is 5.75 Å². The summed E-state index contributed by atoms with van der Waals surface area (Å²) in [6, 6.07) is 6.53. The van der Waals surface area contributed by atoms with Gasteiger partial charge in [0.15, 0.2) is 0 Å². The van der Waals surface area contributed by atoms with E-state index in [1.165, 1.54) is 12.1 Å². The Hall–Kier alpha value is -1.16. The third-order valence-electron chi connectivity index (χ3n) is 1.81. The zero-order valence-corrected chi connectivity index (χ0v) is 8.84. The summed E-state index contributed by atoms with van der Waals surface area (Å²) >= 11 is 0. The number of halogens is 2. The van der Waals surface area contributed by atoms with Crippen molar-refractivity contribution in [2.45, 2.75) is 32.4 Å². The first kappa shape index (κ1) is 11.9. The van der Waals surface area contributed by atoms with Gasteiger partial charge in [0.2, 0.25) is 0 Å². The highest BCUT2D eigenvalue weighted by atomic mass is 19.3. The third kappa shape index (κ3) is 4.74. The Bertz CT molecular complexity index is 303. The van der Waals surface area contributed by atoms with E-state index in [1.807, 2.05) is 13.8 Å². The van der Waals surface area contributed by atoms with E-state index >= 15 is 0 Å². The van der Waals surface area contributed by atoms with Crippen molar-refractivity contribution in [3.63, 3.8) is 0 Å². The van der Waals surface area contributed by atoms with E-state index in [0.717, 1.165) is 5.56 Å². The summed E-state index contributed by atoms with van der Waals surface area (Å²) in [6.07, 6.45) is 0.696. The van der Waals surface area contributed by atoms with Crippen LogP contribution in [0.3, 0.4) is 0 Å². The van der Waals surface area contributed by atoms with E-state index in [4.69, 9.17) is 5.73 Å². The summed E-state index contributed by atoms with van der Waals surface area (Å²) in [6.45, 7) is 1.05. The molecule has 0 spiro atoms. The topological polar surface area (TPSA) is 35.2 Å². The number of rotatable bonds is 4. The van der Waals surface area contributed by atoms with E-state index < -0.39 is 6.61 Å². The second kappa shape index (κ2) is 4.57. The van der Waals surface area contributed by atoms with Crippen LogP contribution in [0.2, 0.25) is 0 Å². The summed E-state index contributed by atoms with van der Waals surface area (Å²) in [5.74, 6) is 0.170. The highest BCUT2D eigenvalue weighted by molar-refractivity contribution is 5.28. The minimum atomic E-state index is -2.78. The molecule has 0 radical (unpaired) electrons. The van der Waals surface area contributed by atoms with Gasteiger partial charge >= 0.3 is 6.61 Å². The lowest BCUT2D eigenvalue weighted by Gasteiger charge is -2.18. The molecule has 0 saturated heterocycles. The molecular weight excluding hydrogens is 200 g/mol. The first-order valence-corrected chi connectivity index (χ1v) is 4.69. The maximum atomic E-state index is 11.8. The quantitative estimate of drug-likeness (QED) is 0.837. The number of nitrogens with two attached hydrogens (primary N) is 1. The summed E-state index contributed by atoms with van der Waals surface area (Å²) in [5.41, 5.74) is 6.54. The number of benzene rings is 1. The normalized spacial score (nSPS) is 11.9. The van der Waals surface area contributed by atoms with Crippen molar-refractivity contribution in [3.8, 4) is 5.75 Å². The van der Waals surface area contributed by atoms with Crippen molar-refractivity contribution in [2.24, 2.45) is 5.73 Å². The Labute approximate surface area is 88.0 Å². The number of alkyl halides is 2. The molecule has 0 aliphatic carbocycles. The van der Waals surface area contributed by atoms with Crippen LogP contribution in [-0.4, -0.2) is 12.2 Å². The van der Waals surface area contributed by atoms with Gasteiger partial charge in [0, 0.05) is 5.54 Å². The minimum Gasteiger partial charge on any atom is -0.435 e. The van der Waals surface area contributed by atoms with E-state index in [0.29, 0.717) is 6.42 Å². The molecule has 84 valence electrons. The second-order valence-electron chi connectivity index (χ2n) is 4.19. The zero-order chi connectivity index (χ0) is 11.5. The van der Waals surface area contributed by atoms with Crippen molar-refractivity contribution < 1.29 is 13.5 Å². The average molecular weight is 215 g/mol. The lowest BCUT2D eigenvalue weighted by molar-refractivity contribution is -0.0498. The summed E-state index contributed by atoms with van der Waals surface area (Å²) in [5, 5.41) is 0. The molecule has 2 nitrogen and oxygen atoms in total. The molecule has 0 atom stereocenters. The highest BCUT2D eigenvalue weighted by Crippen LogP contribution is 2.17. The second-order valence-corrected chi connectivity index (χ2v) is 4.19. The van der Waals surface area contributed by atoms with Gasteiger partial charge in [-0.1, -0.05) is 12.1 Å². The zero-order valence-electron chi connectivity index (χ0n) is 8.84. The van der Waals surface area contributed by atoms with Gasteiger partial charge in [0.25, 0.3) is 0 Å². The van der Waals surface area contributed by atoms with Gasteiger partial charge in [-0.15, -0.1) is 0 Å². The molecule has 0 aromatic heterocycles. The molecule has 2 N–H and O–H groups in total. The van der Waals surface area contributed by atoms with Gasteiger partial charge in [-0.2, -0.15) is 8.78 Å². The molecule has 4 heteroatoms. The molecule has 1 aromatic rings. The van der Waals surface area contributed by atoms with Crippen molar-refractivity contribution in [2.75, 3.05) is 0 Å². The smallest absolute Gasteiger partial charge is 0.387 e. The van der Waals surface area contributed by atoms with E-state index in [9.17, 15) is 8.78 Å². The SMILES string of the molecule is CC(C)(N)Cc1ccc(OC(F)F)cc1. The lowest BCUT2D eigenvalue weighted by atomic mass is 9.96. The molecule has 0 fully saturated rings. The molecule has 0 saturated carbocycles. The molecule has 0 amide bonds. The molecule has 0 bridgehead atoms. The standard InChI is InChI=1S/C11H15F2NO/c1-11(2,14)7-8-3-5-9(6-4-8)15-10(12)13/h3-6,10H,7,14H2,1-2H3. The van der Waals surface area contributed by atoms with E-state index in [1.54, 1.807) is 12.1 Å². The molecule has 15 heavy (non-hydrogen) atoms. The van der Waals surface area contributed by atoms with Crippen molar-refractivity contribution >= 4 is 0 Å². The number of hydrogen-bond donors (Lipinski definition) is 1. The largest absolute Gasteiger partial charge is 0.435 e. The predicted octanol–water partition coefficient (Wildman–Crippen LogP) is 2.57. The molecule has 1 rings (SSSR count). The third-order valence-corrected chi connectivity index (χ3v) is 1.81. The van der Waals surface area contributed by atoms with Crippen LogP contribution in [0.5, 0.6) is 5.75 Å². The van der Waals surface area contributed by atoms with Gasteiger partial charge in [-0.3, -0.25) is 0 Å². The number of hydrogen-bond acceptors (Lipinski definition) is 2. The van der Waals surface area contributed by atoms with Crippen LogP contribution in [0.4, 0.5) is 8.78 Å². The Balaban J connectivity index is 2.64. The predicted molar refractivity (Wildman–Crippen MR) is 55.0 cm³/mol. The summed E-state index contributed by atoms with van der Waals surface area (Å²) in [4.78, 5) is 0. The molecule has 0 heterocycles. The molecule has 0 unspecified atom stereocenters. The maximum absolute atomic E-state index is 11.8. The first-order valence-electron chi connectivity index (χ1n) is 4.69. The fourth-order valence-corrected chi connectivity index (χ4v) is 1.31. The average Bonchev–Trinajstić information content (AvgIpc) is 2.05. The summed E-state index contributed by atoms with van der Waals surface area (Å²) in [7, 11) is 0. The molecular formula is C11H15F2NO. The monoisotopic (exact) mass is 215 g/mol. The van der Waals surface area contributed by atoms with Gasteiger partial charge in [0.05, 0.1) is 0 Å². The van der Waals surface area contributed by atoms with Crippen LogP contribution < -0.4 is 10.5 Å². The van der Waals surface area contributed by atoms with Crippen molar-refractivity contribution in [1.29, 1.82) is 0 Å². The Morgan fingerprint density at radius 2 is 1.80 bits per heavy atom. The van der Waals surface area contributed by atoms with Crippen LogP contribution in [-0.2, 0) is 6.42 Å². The molecule has 1 aromatic carbocycles. The minimum absolute atomic E-state index is 0.170. The van der Waals surface area contributed by atoms with Crippen LogP contribution in [0.1, 0.15) is 19.4 Å². The highest BCUT2D eigenvalue weighted by Gasteiger charge is 2.11. The Kier molecular flexibility index (Phi) is 3.63. The van der Waals surface area contributed by atoms with Crippen LogP contribution in [0.25, 0.3) is 0 Å². The maximum Gasteiger partial charge on any atom is 0.387 e. The molecule has 0 aliphatic heterocycles. The number of ether oxygens (including phenoxy) is 1. The Morgan fingerprint density at radius 3 is 2.20 bits per heavy atom. The van der Waals surface area contributed by atoms with Gasteiger partial charge in [-0.25, -0.2) is 0 Å². The van der Waals surface area contributed by atoms with Gasteiger partial charge < -0.3 is 10.5 Å². The fourth-order valence-electron chi connectivity index (χ4n) is 1.31. The van der Waals surface area contributed by atoms with Crippen molar-refractivity contribution in [3.05, 3.63) is 29.8 Å². The van der Waals surface area contributed by atoms with Crippen LogP contribution in [0, 0.1) is 0 Å². The van der Waals surface area contributed by atoms with E-state index in [2.05, 4.69) is 4.74 Å².